The van der Waals surface area contributed by atoms with Crippen LogP contribution in [0.4, 0.5) is 17.6 Å². The second kappa shape index (κ2) is 9.43. The number of likely N-dealkylation sites (tertiary alicyclic amines) is 1. The van der Waals surface area contributed by atoms with Crippen LogP contribution in [0.1, 0.15) is 69.2 Å². The molecule has 4 rings (SSSR count). The van der Waals surface area contributed by atoms with Gasteiger partial charge in [-0.1, -0.05) is 6.92 Å². The highest BCUT2D eigenvalue weighted by Crippen LogP contribution is 2.50. The fourth-order valence-corrected chi connectivity index (χ4v) is 4.99. The van der Waals surface area contributed by atoms with Crippen molar-refractivity contribution in [3.8, 4) is 5.75 Å². The highest BCUT2D eigenvalue weighted by Gasteiger charge is 2.44. The van der Waals surface area contributed by atoms with Gasteiger partial charge in [0.1, 0.15) is 22.9 Å². The molecule has 3 fully saturated rings. The minimum atomic E-state index is -2.61. The fraction of sp³-hybridized carbons (Fsp3) is 0.720. The molecular weight excluding hydrogens is 436 g/mol. The van der Waals surface area contributed by atoms with Crippen molar-refractivity contribution < 1.29 is 27.1 Å². The normalized spacial score (nSPS) is 25.0. The minimum Gasteiger partial charge on any atom is -0.493 e. The molecule has 184 valence electrons. The van der Waals surface area contributed by atoms with Gasteiger partial charge in [0.05, 0.1) is 13.2 Å². The molecule has 1 heterocycles. The molecule has 2 saturated carbocycles. The SMILES string of the molecule is CCC(F)(F)CN1CCC([C@H]2C[C@H]2CCOc2cc(F)c(C(=O)NC3(C)CC3)c(F)c2)CC1. The standard InChI is InChI=1S/C25H34F4N2O2/c1-3-25(28,29)15-31-9-4-16(5-10-31)19-12-17(19)6-11-33-18-13-20(26)22(21(27)14-18)23(32)30-24(2)7-8-24/h13-14,16-17,19H,3-12,15H2,1-2H3,(H,30,32)/t17-,19-/m1/s1. The van der Waals surface area contributed by atoms with Crippen molar-refractivity contribution in [1.29, 1.82) is 0 Å². The van der Waals surface area contributed by atoms with Gasteiger partial charge < -0.3 is 10.1 Å². The van der Waals surface area contributed by atoms with Crippen LogP contribution in [0.25, 0.3) is 0 Å². The number of ether oxygens (including phenoxy) is 1. The number of carbonyl (C=O) groups excluding carboxylic acids is 1. The van der Waals surface area contributed by atoms with Crippen LogP contribution in [0.2, 0.25) is 0 Å². The zero-order valence-electron chi connectivity index (χ0n) is 19.4. The first-order chi connectivity index (χ1) is 15.6. The van der Waals surface area contributed by atoms with Gasteiger partial charge in [0.15, 0.2) is 0 Å². The predicted octanol–water partition coefficient (Wildman–Crippen LogP) is 5.41. The van der Waals surface area contributed by atoms with E-state index in [2.05, 4.69) is 5.32 Å². The largest absolute Gasteiger partial charge is 0.493 e. The number of benzene rings is 1. The van der Waals surface area contributed by atoms with E-state index in [0.29, 0.717) is 24.4 Å². The molecule has 1 amide bonds. The number of nitrogens with one attached hydrogen (secondary N) is 1. The van der Waals surface area contributed by atoms with Crippen LogP contribution in [-0.2, 0) is 0 Å². The summed E-state index contributed by atoms with van der Waals surface area (Å²) in [7, 11) is 0. The zero-order chi connectivity index (χ0) is 23.8. The highest BCUT2D eigenvalue weighted by molar-refractivity contribution is 5.95. The van der Waals surface area contributed by atoms with E-state index in [1.165, 1.54) is 6.92 Å². The summed E-state index contributed by atoms with van der Waals surface area (Å²) in [5.74, 6) is -3.44. The average molecular weight is 471 g/mol. The number of amides is 1. The Labute approximate surface area is 193 Å². The van der Waals surface area contributed by atoms with Gasteiger partial charge in [-0.15, -0.1) is 0 Å². The Bertz CT molecular complexity index is 843. The molecule has 8 heteroatoms. The number of nitrogens with zero attached hydrogens (tertiary/aromatic N) is 1. The van der Waals surface area contributed by atoms with Crippen LogP contribution in [0.15, 0.2) is 12.1 Å². The van der Waals surface area contributed by atoms with Crippen molar-refractivity contribution in [3.05, 3.63) is 29.3 Å². The van der Waals surface area contributed by atoms with Crippen molar-refractivity contribution in [3.63, 3.8) is 0 Å². The first-order valence-corrected chi connectivity index (χ1v) is 12.1. The Morgan fingerprint density at radius 3 is 2.42 bits per heavy atom. The summed E-state index contributed by atoms with van der Waals surface area (Å²) in [5, 5.41) is 2.67. The van der Waals surface area contributed by atoms with Crippen molar-refractivity contribution in [2.24, 2.45) is 17.8 Å². The van der Waals surface area contributed by atoms with Crippen molar-refractivity contribution >= 4 is 5.91 Å². The Morgan fingerprint density at radius 2 is 1.85 bits per heavy atom. The van der Waals surface area contributed by atoms with Crippen molar-refractivity contribution in [2.75, 3.05) is 26.2 Å². The molecule has 1 aliphatic heterocycles. The summed E-state index contributed by atoms with van der Waals surface area (Å²) < 4.78 is 61.6. The van der Waals surface area contributed by atoms with Gasteiger partial charge in [0.25, 0.3) is 11.8 Å². The second-order valence-corrected chi connectivity index (χ2v) is 10.4. The van der Waals surface area contributed by atoms with Crippen LogP contribution < -0.4 is 10.1 Å². The Hall–Kier alpha value is -1.83. The quantitative estimate of drug-likeness (QED) is 0.465. The zero-order valence-corrected chi connectivity index (χ0v) is 19.4. The monoisotopic (exact) mass is 470 g/mol. The first kappa shape index (κ1) is 24.3. The molecule has 0 aromatic heterocycles. The van der Waals surface area contributed by atoms with Crippen LogP contribution in [0, 0.1) is 29.4 Å². The summed E-state index contributed by atoms with van der Waals surface area (Å²) in [5.41, 5.74) is -0.927. The maximum absolute atomic E-state index is 14.4. The lowest BCUT2D eigenvalue weighted by molar-refractivity contribution is -0.0424. The molecule has 3 aliphatic rings. The number of hydrogen-bond acceptors (Lipinski definition) is 3. The third-order valence-electron chi connectivity index (χ3n) is 7.60. The topological polar surface area (TPSA) is 41.6 Å². The first-order valence-electron chi connectivity index (χ1n) is 12.1. The van der Waals surface area contributed by atoms with E-state index in [1.807, 2.05) is 11.8 Å². The van der Waals surface area contributed by atoms with E-state index in [-0.39, 0.29) is 24.3 Å². The Kier molecular flexibility index (Phi) is 6.95. The molecule has 33 heavy (non-hydrogen) atoms. The minimum absolute atomic E-state index is 0.0848. The lowest BCUT2D eigenvalue weighted by Crippen LogP contribution is -2.41. The summed E-state index contributed by atoms with van der Waals surface area (Å²) in [6, 6.07) is 2.14. The lowest BCUT2D eigenvalue weighted by Gasteiger charge is -2.34. The average Bonchev–Trinajstić information content (AvgIpc) is 3.66. The highest BCUT2D eigenvalue weighted by atomic mass is 19.3. The molecule has 2 aliphatic carbocycles. The Morgan fingerprint density at radius 1 is 1.21 bits per heavy atom. The smallest absolute Gasteiger partial charge is 0.260 e. The third-order valence-corrected chi connectivity index (χ3v) is 7.60. The molecule has 1 aromatic carbocycles. The molecule has 2 atom stereocenters. The molecule has 1 aromatic rings. The van der Waals surface area contributed by atoms with Gasteiger partial charge in [-0.05, 0) is 76.3 Å². The number of piperidine rings is 1. The summed E-state index contributed by atoms with van der Waals surface area (Å²) >= 11 is 0. The molecule has 0 spiro atoms. The summed E-state index contributed by atoms with van der Waals surface area (Å²) in [6.07, 6.45) is 5.27. The van der Waals surface area contributed by atoms with Crippen LogP contribution in [0.3, 0.4) is 0 Å². The molecule has 1 saturated heterocycles. The third kappa shape index (κ3) is 6.19. The molecule has 0 unspecified atom stereocenters. The molecule has 0 bridgehead atoms. The van der Waals surface area contributed by atoms with E-state index in [1.54, 1.807) is 0 Å². The Balaban J connectivity index is 1.19. The number of hydrogen-bond donors (Lipinski definition) is 1. The summed E-state index contributed by atoms with van der Waals surface area (Å²) in [4.78, 5) is 14.1. The number of carbonyl (C=O) groups is 1. The fourth-order valence-electron chi connectivity index (χ4n) is 4.99. The molecule has 1 N–H and O–H groups in total. The van der Waals surface area contributed by atoms with E-state index in [4.69, 9.17) is 4.74 Å². The van der Waals surface area contributed by atoms with E-state index in [0.717, 1.165) is 63.7 Å². The van der Waals surface area contributed by atoms with Crippen molar-refractivity contribution in [1.82, 2.24) is 10.2 Å². The maximum Gasteiger partial charge on any atom is 0.260 e. The summed E-state index contributed by atoms with van der Waals surface area (Å²) in [6.45, 7) is 5.01. The lowest BCUT2D eigenvalue weighted by atomic mass is 9.90. The van der Waals surface area contributed by atoms with Crippen LogP contribution in [-0.4, -0.2) is 48.5 Å². The number of rotatable bonds is 10. The van der Waals surface area contributed by atoms with Crippen LogP contribution >= 0.6 is 0 Å². The molecular formula is C25H34F4N2O2. The van der Waals surface area contributed by atoms with Gasteiger partial charge in [-0.2, -0.15) is 0 Å². The van der Waals surface area contributed by atoms with Crippen molar-refractivity contribution in [2.45, 2.75) is 70.3 Å². The van der Waals surface area contributed by atoms with Gasteiger partial charge >= 0.3 is 0 Å². The molecule has 4 nitrogen and oxygen atoms in total. The maximum atomic E-state index is 14.4. The second-order valence-electron chi connectivity index (χ2n) is 10.4. The number of halogens is 4. The van der Waals surface area contributed by atoms with Gasteiger partial charge in [-0.25, -0.2) is 17.6 Å². The van der Waals surface area contributed by atoms with Gasteiger partial charge in [0.2, 0.25) is 0 Å². The van der Waals surface area contributed by atoms with E-state index >= 15 is 0 Å². The van der Waals surface area contributed by atoms with E-state index < -0.39 is 29.0 Å². The molecule has 0 radical (unpaired) electrons. The van der Waals surface area contributed by atoms with Gasteiger partial charge in [-0.3, -0.25) is 9.69 Å². The van der Waals surface area contributed by atoms with Crippen LogP contribution in [0.5, 0.6) is 5.75 Å². The van der Waals surface area contributed by atoms with Gasteiger partial charge in [0, 0.05) is 24.1 Å². The van der Waals surface area contributed by atoms with E-state index in [9.17, 15) is 22.4 Å². The number of alkyl halides is 2. The predicted molar refractivity (Wildman–Crippen MR) is 118 cm³/mol.